The summed E-state index contributed by atoms with van der Waals surface area (Å²) in [5, 5.41) is 18.4. The first-order valence-electron chi connectivity index (χ1n) is 8.49. The van der Waals surface area contributed by atoms with Gasteiger partial charge in [0.25, 0.3) is 0 Å². The molecular weight excluding hydrogens is 358 g/mol. The number of nitrogens with one attached hydrogen (secondary N) is 1. The Morgan fingerprint density at radius 3 is 2.48 bits per heavy atom. The maximum atomic E-state index is 13.0. The lowest BCUT2D eigenvalue weighted by molar-refractivity contribution is -0.169. The Labute approximate surface area is 154 Å². The molecule has 0 bridgehead atoms. The number of rotatable bonds is 5. The van der Waals surface area contributed by atoms with E-state index in [0.717, 1.165) is 13.0 Å². The van der Waals surface area contributed by atoms with Crippen LogP contribution >= 0.6 is 22.7 Å². The van der Waals surface area contributed by atoms with Crippen molar-refractivity contribution in [2.24, 2.45) is 0 Å². The molecule has 4 heterocycles. The van der Waals surface area contributed by atoms with Crippen LogP contribution in [0.3, 0.4) is 0 Å². The van der Waals surface area contributed by atoms with E-state index in [1.807, 2.05) is 29.8 Å². The predicted molar refractivity (Wildman–Crippen MR) is 96.9 cm³/mol. The Morgan fingerprint density at radius 1 is 1.32 bits per heavy atom. The van der Waals surface area contributed by atoms with Crippen molar-refractivity contribution in [2.45, 2.75) is 49.7 Å². The van der Waals surface area contributed by atoms with E-state index in [1.54, 1.807) is 12.1 Å². The monoisotopic (exact) mass is 379 g/mol. The molecule has 4 unspecified atom stereocenters. The van der Waals surface area contributed by atoms with Gasteiger partial charge in [0.1, 0.15) is 6.10 Å². The molecule has 0 saturated carbocycles. The predicted octanol–water partition coefficient (Wildman–Crippen LogP) is 2.50. The Bertz CT molecular complexity index is 681. The summed E-state index contributed by atoms with van der Waals surface area (Å²) in [5.41, 5.74) is -1.73. The highest BCUT2D eigenvalue weighted by atomic mass is 32.1. The molecule has 2 N–H and O–H groups in total. The molecule has 2 saturated heterocycles. The summed E-state index contributed by atoms with van der Waals surface area (Å²) in [4.78, 5) is 14.2. The fourth-order valence-corrected chi connectivity index (χ4v) is 5.14. The minimum absolute atomic E-state index is 0.204. The standard InChI is InChI=1S/C18H21NO4S2/c1-11-16(22-11)13-10-12(6-7-19-13)23-17(20)18(21,14-4-2-8-24-14)15-5-3-9-25-15/h2-5,8-9,11-13,16,19,21H,6-7,10H2,1H3. The van der Waals surface area contributed by atoms with Crippen molar-refractivity contribution in [3.8, 4) is 0 Å². The second-order valence-corrected chi connectivity index (χ2v) is 8.48. The largest absolute Gasteiger partial charge is 0.460 e. The van der Waals surface area contributed by atoms with Gasteiger partial charge in [-0.15, -0.1) is 22.7 Å². The topological polar surface area (TPSA) is 71.1 Å². The van der Waals surface area contributed by atoms with Crippen LogP contribution in [0.1, 0.15) is 29.5 Å². The summed E-state index contributed by atoms with van der Waals surface area (Å²) in [5.74, 6) is -0.590. The summed E-state index contributed by atoms with van der Waals surface area (Å²) >= 11 is 2.72. The molecule has 0 spiro atoms. The molecule has 0 amide bonds. The molecule has 134 valence electrons. The first-order chi connectivity index (χ1) is 12.1. The molecule has 2 aromatic heterocycles. The minimum atomic E-state index is -1.73. The zero-order valence-electron chi connectivity index (χ0n) is 13.9. The van der Waals surface area contributed by atoms with E-state index in [0.29, 0.717) is 16.2 Å². The van der Waals surface area contributed by atoms with E-state index in [9.17, 15) is 9.90 Å². The van der Waals surface area contributed by atoms with Crippen LogP contribution < -0.4 is 5.32 Å². The van der Waals surface area contributed by atoms with Crippen LogP contribution in [0.25, 0.3) is 0 Å². The number of thiophene rings is 2. The summed E-state index contributed by atoms with van der Waals surface area (Å²) in [6, 6.07) is 7.42. The summed E-state index contributed by atoms with van der Waals surface area (Å²) in [6.45, 7) is 2.83. The van der Waals surface area contributed by atoms with Gasteiger partial charge in [-0.1, -0.05) is 12.1 Å². The van der Waals surface area contributed by atoms with Gasteiger partial charge in [-0.2, -0.15) is 0 Å². The van der Waals surface area contributed by atoms with Crippen LogP contribution in [0.5, 0.6) is 0 Å². The second-order valence-electron chi connectivity index (χ2n) is 6.58. The number of epoxide rings is 1. The van der Waals surface area contributed by atoms with Crippen molar-refractivity contribution in [1.29, 1.82) is 0 Å². The van der Waals surface area contributed by atoms with Gasteiger partial charge in [-0.05, 0) is 42.8 Å². The zero-order valence-corrected chi connectivity index (χ0v) is 15.5. The van der Waals surface area contributed by atoms with E-state index in [4.69, 9.17) is 9.47 Å². The maximum Gasteiger partial charge on any atom is 0.349 e. The van der Waals surface area contributed by atoms with Gasteiger partial charge >= 0.3 is 5.97 Å². The Hall–Kier alpha value is -1.25. The molecule has 0 radical (unpaired) electrons. The lowest BCUT2D eigenvalue weighted by atomic mass is 9.96. The van der Waals surface area contributed by atoms with Gasteiger partial charge < -0.3 is 19.9 Å². The van der Waals surface area contributed by atoms with Crippen LogP contribution in [-0.2, 0) is 19.9 Å². The van der Waals surface area contributed by atoms with Crippen LogP contribution in [0.2, 0.25) is 0 Å². The average molecular weight is 380 g/mol. The smallest absolute Gasteiger partial charge is 0.349 e. The van der Waals surface area contributed by atoms with Gasteiger partial charge in [0.15, 0.2) is 0 Å². The number of hydrogen-bond acceptors (Lipinski definition) is 7. The fraction of sp³-hybridized carbons (Fsp3) is 0.500. The van der Waals surface area contributed by atoms with E-state index in [1.165, 1.54) is 22.7 Å². The number of esters is 1. The lowest BCUT2D eigenvalue weighted by Crippen LogP contribution is -2.47. The molecular formula is C18H21NO4S2. The molecule has 5 nitrogen and oxygen atoms in total. The molecule has 2 aliphatic heterocycles. The summed E-state index contributed by atoms with van der Waals surface area (Å²) in [6.07, 6.45) is 1.72. The molecule has 0 aliphatic carbocycles. The van der Waals surface area contributed by atoms with Crippen molar-refractivity contribution in [3.05, 3.63) is 44.8 Å². The Balaban J connectivity index is 1.51. The van der Waals surface area contributed by atoms with Crippen molar-refractivity contribution in [3.63, 3.8) is 0 Å². The second kappa shape index (κ2) is 6.81. The first-order valence-corrected chi connectivity index (χ1v) is 10.2. The third-order valence-electron chi connectivity index (χ3n) is 4.87. The highest BCUT2D eigenvalue weighted by Crippen LogP contribution is 2.38. The van der Waals surface area contributed by atoms with Crippen LogP contribution in [0, 0.1) is 0 Å². The molecule has 2 aromatic rings. The first kappa shape index (κ1) is 17.2. The molecule has 4 rings (SSSR count). The van der Waals surface area contributed by atoms with E-state index < -0.39 is 11.6 Å². The average Bonchev–Trinajstić information content (AvgIpc) is 3.09. The number of carbonyl (C=O) groups excluding carboxylic acids is 1. The quantitative estimate of drug-likeness (QED) is 0.617. The molecule has 25 heavy (non-hydrogen) atoms. The fourth-order valence-electron chi connectivity index (χ4n) is 3.42. The van der Waals surface area contributed by atoms with Crippen molar-refractivity contribution in [2.75, 3.05) is 6.54 Å². The third-order valence-corrected chi connectivity index (χ3v) is 6.83. The number of hydrogen-bond donors (Lipinski definition) is 2. The SMILES string of the molecule is CC1OC1C1CC(OC(=O)C(O)(c2cccs2)c2cccs2)CCN1. The van der Waals surface area contributed by atoms with Crippen LogP contribution in [-0.4, -0.2) is 42.0 Å². The highest BCUT2D eigenvalue weighted by Gasteiger charge is 2.47. The maximum absolute atomic E-state index is 13.0. The summed E-state index contributed by atoms with van der Waals surface area (Å²) < 4.78 is 11.3. The van der Waals surface area contributed by atoms with E-state index >= 15 is 0 Å². The van der Waals surface area contributed by atoms with Gasteiger partial charge in [0.05, 0.1) is 22.0 Å². The number of carbonyl (C=O) groups is 1. The normalized spacial score (nSPS) is 29.4. The number of ether oxygens (including phenoxy) is 2. The van der Waals surface area contributed by atoms with Crippen LogP contribution in [0.4, 0.5) is 0 Å². The lowest BCUT2D eigenvalue weighted by Gasteiger charge is -2.32. The van der Waals surface area contributed by atoms with Gasteiger partial charge in [-0.25, -0.2) is 4.79 Å². The van der Waals surface area contributed by atoms with Gasteiger partial charge in [0.2, 0.25) is 5.60 Å². The summed E-state index contributed by atoms with van der Waals surface area (Å²) in [7, 11) is 0. The minimum Gasteiger partial charge on any atom is -0.460 e. The Kier molecular flexibility index (Phi) is 4.68. The van der Waals surface area contributed by atoms with Crippen molar-refractivity contribution < 1.29 is 19.4 Å². The van der Waals surface area contributed by atoms with Gasteiger partial charge in [0, 0.05) is 12.5 Å². The molecule has 7 heteroatoms. The van der Waals surface area contributed by atoms with E-state index in [-0.39, 0.29) is 24.4 Å². The third kappa shape index (κ3) is 3.27. The molecule has 0 aromatic carbocycles. The molecule has 2 aliphatic rings. The number of piperidine rings is 1. The number of aliphatic hydroxyl groups is 1. The van der Waals surface area contributed by atoms with E-state index in [2.05, 4.69) is 5.32 Å². The Morgan fingerprint density at radius 2 is 1.96 bits per heavy atom. The highest BCUT2D eigenvalue weighted by molar-refractivity contribution is 7.12. The van der Waals surface area contributed by atoms with Crippen LogP contribution in [0.15, 0.2) is 35.0 Å². The molecule has 4 atom stereocenters. The van der Waals surface area contributed by atoms with Crippen molar-refractivity contribution in [1.82, 2.24) is 5.32 Å². The van der Waals surface area contributed by atoms with Gasteiger partial charge in [-0.3, -0.25) is 0 Å². The van der Waals surface area contributed by atoms with Crippen molar-refractivity contribution >= 4 is 28.6 Å². The molecule has 2 fully saturated rings. The zero-order chi connectivity index (χ0) is 17.4.